The smallest absolute Gasteiger partial charge is 0.248 e. The summed E-state index contributed by atoms with van der Waals surface area (Å²) in [5.74, 6) is -12.8. The molecule has 1 atom stereocenters. The lowest BCUT2D eigenvalue weighted by Gasteiger charge is -2.17. The lowest BCUT2D eigenvalue weighted by atomic mass is 10.1. The Morgan fingerprint density at radius 2 is 1.45 bits per heavy atom. The lowest BCUT2D eigenvalue weighted by molar-refractivity contribution is -0.111. The van der Waals surface area contributed by atoms with Crippen LogP contribution in [-0.4, -0.2) is 10.5 Å². The molecule has 3 rings (SSSR count). The predicted molar refractivity (Wildman–Crippen MR) is 107 cm³/mol. The molecule has 0 saturated heterocycles. The van der Waals surface area contributed by atoms with E-state index in [0.717, 1.165) is 18.2 Å². The van der Waals surface area contributed by atoms with Crippen LogP contribution in [0.25, 0.3) is 6.08 Å². The minimum absolute atomic E-state index is 0.0848. The van der Waals surface area contributed by atoms with Crippen molar-refractivity contribution in [1.29, 1.82) is 0 Å². The second-order valence-electron chi connectivity index (χ2n) is 6.42. The standard InChI is InChI=1S/C21H12F6N2O3S/c22-14-6-1-2-7-15(14)29-33(31,32)12-5-3-4-11(10-12)28-16(30)9-8-13-17(23)19(25)21(27)20(26)18(13)24/h1-10H,(H2-,28,29,30,31,32)/b9-8+. The second kappa shape index (κ2) is 9.46. The van der Waals surface area contributed by atoms with E-state index in [2.05, 4.69) is 5.32 Å². The van der Waals surface area contributed by atoms with Gasteiger partial charge >= 0.3 is 0 Å². The van der Waals surface area contributed by atoms with Crippen molar-refractivity contribution in [2.75, 3.05) is 10.0 Å². The Labute approximate surface area is 184 Å². The molecule has 0 radical (unpaired) electrons. The summed E-state index contributed by atoms with van der Waals surface area (Å²) in [5.41, 5.74) is -1.72. The maximum atomic E-state index is 13.7. The molecule has 12 heteroatoms. The summed E-state index contributed by atoms with van der Waals surface area (Å²) in [6.07, 6.45) is 0.878. The highest BCUT2D eigenvalue weighted by molar-refractivity contribution is 7.99. The SMILES string of the molecule is O=C(/C=C/c1c(F)c(F)c(F)c(F)c1F)Nc1cccc([S+](=O)([O-])Nc2ccccc2F)c1. The fraction of sp³-hybridized carbons (Fsp3) is 0. The largest absolute Gasteiger partial charge is 0.588 e. The normalized spacial score (nSPS) is 13.1. The number of rotatable bonds is 6. The molecule has 0 aromatic heterocycles. The molecule has 5 nitrogen and oxygen atoms in total. The van der Waals surface area contributed by atoms with Gasteiger partial charge in [0.05, 0.1) is 5.56 Å². The predicted octanol–water partition coefficient (Wildman–Crippen LogP) is 5.19. The second-order valence-corrected chi connectivity index (χ2v) is 8.10. The molecule has 1 amide bonds. The van der Waals surface area contributed by atoms with Gasteiger partial charge in [-0.25, -0.2) is 26.3 Å². The van der Waals surface area contributed by atoms with E-state index < -0.39 is 56.8 Å². The third-order valence-corrected chi connectivity index (χ3v) is 5.54. The molecule has 0 spiro atoms. The van der Waals surface area contributed by atoms with Crippen molar-refractivity contribution in [2.45, 2.75) is 4.90 Å². The Morgan fingerprint density at radius 1 is 0.848 bits per heavy atom. The van der Waals surface area contributed by atoms with E-state index >= 15 is 0 Å². The summed E-state index contributed by atoms with van der Waals surface area (Å²) in [5, 5.41) is 2.18. The zero-order valence-electron chi connectivity index (χ0n) is 16.2. The number of carbonyl (C=O) groups is 1. The summed E-state index contributed by atoms with van der Waals surface area (Å²) in [6.45, 7) is 0. The van der Waals surface area contributed by atoms with Crippen molar-refractivity contribution in [3.05, 3.63) is 95.1 Å². The number of para-hydroxylation sites is 1. The van der Waals surface area contributed by atoms with E-state index in [0.29, 0.717) is 12.2 Å². The maximum Gasteiger partial charge on any atom is 0.248 e. The van der Waals surface area contributed by atoms with Gasteiger partial charge in [-0.15, -0.1) is 0 Å². The first-order valence-corrected chi connectivity index (χ1v) is 10.4. The quantitative estimate of drug-likeness (QED) is 0.166. The highest BCUT2D eigenvalue weighted by Crippen LogP contribution is 2.26. The number of sulfonamides is 1. The highest BCUT2D eigenvalue weighted by Gasteiger charge is 2.25. The number of halogens is 6. The molecular formula is C21H12F6N2O3S. The van der Waals surface area contributed by atoms with Crippen molar-refractivity contribution < 1.29 is 39.9 Å². The van der Waals surface area contributed by atoms with E-state index in [1.165, 1.54) is 30.3 Å². The van der Waals surface area contributed by atoms with Crippen LogP contribution in [0.1, 0.15) is 5.56 Å². The van der Waals surface area contributed by atoms with Gasteiger partial charge in [0.15, 0.2) is 44.4 Å². The summed E-state index contributed by atoms with van der Waals surface area (Å²) < 4.78 is 108. The molecule has 3 aromatic carbocycles. The fourth-order valence-electron chi connectivity index (χ4n) is 2.60. The molecule has 0 aliphatic heterocycles. The molecule has 3 aromatic rings. The topological polar surface area (TPSA) is 81.3 Å². The Hall–Kier alpha value is -3.64. The Kier molecular flexibility index (Phi) is 6.89. The molecule has 33 heavy (non-hydrogen) atoms. The molecule has 1 unspecified atom stereocenters. The van der Waals surface area contributed by atoms with Gasteiger partial charge in [-0.1, -0.05) is 22.4 Å². The summed E-state index contributed by atoms with van der Waals surface area (Å²) in [4.78, 5) is 11.7. The van der Waals surface area contributed by atoms with Crippen molar-refractivity contribution in [2.24, 2.45) is 0 Å². The van der Waals surface area contributed by atoms with Gasteiger partial charge in [-0.2, -0.15) is 4.72 Å². The molecule has 0 fully saturated rings. The van der Waals surface area contributed by atoms with Gasteiger partial charge in [0.25, 0.3) is 0 Å². The Morgan fingerprint density at radius 3 is 2.09 bits per heavy atom. The van der Waals surface area contributed by atoms with Gasteiger partial charge in [0, 0.05) is 17.8 Å². The average molecular weight is 486 g/mol. The summed E-state index contributed by atoms with van der Waals surface area (Å²) in [7, 11) is -4.25. The summed E-state index contributed by atoms with van der Waals surface area (Å²) >= 11 is 0. The van der Waals surface area contributed by atoms with Crippen LogP contribution in [0, 0.1) is 34.9 Å². The van der Waals surface area contributed by atoms with Crippen molar-refractivity contribution in [1.82, 2.24) is 0 Å². The number of hydrogen-bond donors (Lipinski definition) is 2. The first kappa shape index (κ1) is 24.0. The number of amides is 1. The zero-order valence-corrected chi connectivity index (χ0v) is 17.0. The van der Waals surface area contributed by atoms with E-state index in [-0.39, 0.29) is 16.3 Å². The van der Waals surface area contributed by atoms with Crippen LogP contribution in [0.3, 0.4) is 0 Å². The van der Waals surface area contributed by atoms with Gasteiger partial charge < -0.3 is 9.87 Å². The first-order chi connectivity index (χ1) is 15.5. The first-order valence-electron chi connectivity index (χ1n) is 8.89. The maximum absolute atomic E-state index is 13.7. The number of benzene rings is 3. The highest BCUT2D eigenvalue weighted by atomic mass is 32.3. The van der Waals surface area contributed by atoms with Gasteiger partial charge in [-0.05, 0) is 30.3 Å². The van der Waals surface area contributed by atoms with Gasteiger partial charge in [0.1, 0.15) is 5.69 Å². The Bertz CT molecular complexity index is 1290. The summed E-state index contributed by atoms with van der Waals surface area (Å²) in [6, 6.07) is 9.70. The van der Waals surface area contributed by atoms with Crippen LogP contribution in [0.4, 0.5) is 37.7 Å². The van der Waals surface area contributed by atoms with Crippen LogP contribution in [0.2, 0.25) is 0 Å². The third-order valence-electron chi connectivity index (χ3n) is 4.18. The Balaban J connectivity index is 1.79. The van der Waals surface area contributed by atoms with Crippen LogP contribution in [0.15, 0.2) is 59.5 Å². The van der Waals surface area contributed by atoms with Crippen molar-refractivity contribution in [3.63, 3.8) is 0 Å². The van der Waals surface area contributed by atoms with Gasteiger partial charge in [-0.3, -0.25) is 4.79 Å². The average Bonchev–Trinajstić information content (AvgIpc) is 2.78. The van der Waals surface area contributed by atoms with Crippen LogP contribution >= 0.6 is 0 Å². The molecule has 0 aliphatic carbocycles. The monoisotopic (exact) mass is 486 g/mol. The third kappa shape index (κ3) is 5.23. The van der Waals surface area contributed by atoms with E-state index in [4.69, 9.17) is 0 Å². The molecular weight excluding hydrogens is 474 g/mol. The minimum atomic E-state index is -4.25. The molecule has 0 saturated carbocycles. The van der Waals surface area contributed by atoms with Gasteiger partial charge in [0.2, 0.25) is 11.7 Å². The molecule has 2 N–H and O–H groups in total. The fourth-order valence-corrected chi connectivity index (χ4v) is 3.71. The van der Waals surface area contributed by atoms with E-state index in [1.807, 2.05) is 4.72 Å². The number of anilines is 2. The lowest BCUT2D eigenvalue weighted by Crippen LogP contribution is -2.22. The van der Waals surface area contributed by atoms with Crippen molar-refractivity contribution >= 4 is 33.8 Å². The molecule has 172 valence electrons. The van der Waals surface area contributed by atoms with E-state index in [1.54, 1.807) is 0 Å². The molecule has 0 aliphatic rings. The number of carbonyl (C=O) groups excluding carboxylic acids is 1. The van der Waals surface area contributed by atoms with Crippen LogP contribution in [-0.2, 0) is 19.4 Å². The van der Waals surface area contributed by atoms with Crippen LogP contribution in [0.5, 0.6) is 0 Å². The van der Waals surface area contributed by atoms with Crippen molar-refractivity contribution in [3.8, 4) is 0 Å². The van der Waals surface area contributed by atoms with Crippen LogP contribution < -0.4 is 10.0 Å². The zero-order chi connectivity index (χ0) is 24.3. The number of nitrogens with one attached hydrogen (secondary N) is 2. The molecule has 0 heterocycles. The van der Waals surface area contributed by atoms with E-state index in [9.17, 15) is 39.9 Å². The molecule has 0 bridgehead atoms. The number of hydrogen-bond acceptors (Lipinski definition) is 3. The minimum Gasteiger partial charge on any atom is -0.588 e.